The van der Waals surface area contributed by atoms with Crippen LogP contribution in [0.3, 0.4) is 0 Å². The highest BCUT2D eigenvalue weighted by Gasteiger charge is 2.17. The van der Waals surface area contributed by atoms with E-state index in [9.17, 15) is 0 Å². The summed E-state index contributed by atoms with van der Waals surface area (Å²) in [6, 6.07) is 63.2. The van der Waals surface area contributed by atoms with Gasteiger partial charge in [-0.3, -0.25) is 0 Å². The van der Waals surface area contributed by atoms with E-state index in [1.807, 2.05) is 22.7 Å². The first-order chi connectivity index (χ1) is 26.7. The van der Waals surface area contributed by atoms with E-state index < -0.39 is 0 Å². The molecule has 0 aliphatic rings. The Kier molecular flexibility index (Phi) is 5.69. The van der Waals surface area contributed by atoms with Gasteiger partial charge in [0.25, 0.3) is 0 Å². The zero-order chi connectivity index (χ0) is 35.1. The summed E-state index contributed by atoms with van der Waals surface area (Å²) in [6.45, 7) is 0. The van der Waals surface area contributed by atoms with Crippen molar-refractivity contribution < 1.29 is 0 Å². The molecule has 54 heavy (non-hydrogen) atoms. The van der Waals surface area contributed by atoms with Crippen molar-refractivity contribution in [1.29, 1.82) is 0 Å². The van der Waals surface area contributed by atoms with E-state index in [-0.39, 0.29) is 0 Å². The van der Waals surface area contributed by atoms with Gasteiger partial charge in [0.05, 0.1) is 31.5 Å². The molecule has 0 atom stereocenters. The molecule has 4 heterocycles. The summed E-state index contributed by atoms with van der Waals surface area (Å²) in [7, 11) is 0. The highest BCUT2D eigenvalue weighted by molar-refractivity contribution is 7.33. The van der Waals surface area contributed by atoms with Crippen molar-refractivity contribution in [3.8, 4) is 11.4 Å². The van der Waals surface area contributed by atoms with E-state index >= 15 is 0 Å². The summed E-state index contributed by atoms with van der Waals surface area (Å²) >= 11 is 3.87. The quantitative estimate of drug-likeness (QED) is 0.168. The number of benzene rings is 9. The van der Waals surface area contributed by atoms with Gasteiger partial charge in [-0.1, -0.05) is 97.1 Å². The first-order valence-corrected chi connectivity index (χ1v) is 20.0. The molecular formula is C50H28N2S2. The molecule has 0 aliphatic carbocycles. The number of rotatable bonds is 2. The van der Waals surface area contributed by atoms with Crippen molar-refractivity contribution in [2.24, 2.45) is 0 Å². The summed E-state index contributed by atoms with van der Waals surface area (Å²) in [5, 5.41) is 15.6. The number of hydrogen-bond acceptors (Lipinski definition) is 2. The van der Waals surface area contributed by atoms with Gasteiger partial charge in [-0.15, -0.1) is 22.7 Å². The maximum atomic E-state index is 2.41. The Labute approximate surface area is 316 Å². The zero-order valence-corrected chi connectivity index (χ0v) is 30.5. The van der Waals surface area contributed by atoms with Crippen LogP contribution in [0.25, 0.3) is 117 Å². The molecule has 0 spiro atoms. The van der Waals surface area contributed by atoms with E-state index in [2.05, 4.69) is 179 Å². The SMILES string of the molecule is c1ccc2c(c1)c1ccccc1n2-c1ccc2cc3c(cc2c1)sc1c3ccc2c3cc4ccc(-n5c6ccccc6c6ccccc65)cc4cc3sc21. The van der Waals surface area contributed by atoms with Crippen LogP contribution in [-0.2, 0) is 0 Å². The van der Waals surface area contributed by atoms with Crippen LogP contribution in [0.15, 0.2) is 170 Å². The standard InChI is InChI=1S/C50H28N2S2/c1-5-13-43-35(9-1)36-10-2-6-14-44(36)51(43)33-19-17-29-25-41-39-21-22-40-42-26-30-18-20-34(52-45-15-7-3-11-37(45)38-12-4-8-16-46(38)52)24-32(30)28-48(42)54-50(40)49(39)53-47(41)27-31(29)23-33/h1-28H. The molecule has 0 N–H and O–H groups in total. The maximum Gasteiger partial charge on any atom is 0.0541 e. The Morgan fingerprint density at radius 2 is 0.648 bits per heavy atom. The van der Waals surface area contributed by atoms with E-state index in [0.29, 0.717) is 0 Å². The molecular weight excluding hydrogens is 693 g/mol. The molecule has 0 bridgehead atoms. The molecule has 0 unspecified atom stereocenters. The average Bonchev–Trinajstić information content (AvgIpc) is 3.96. The van der Waals surface area contributed by atoms with Crippen molar-refractivity contribution in [3.63, 3.8) is 0 Å². The van der Waals surface area contributed by atoms with Gasteiger partial charge in [0.15, 0.2) is 0 Å². The third-order valence-corrected chi connectivity index (χ3v) is 14.1. The van der Waals surface area contributed by atoms with Crippen LogP contribution in [0, 0.1) is 0 Å². The van der Waals surface area contributed by atoms with Crippen LogP contribution in [0.1, 0.15) is 0 Å². The van der Waals surface area contributed by atoms with Gasteiger partial charge in [0.2, 0.25) is 0 Å². The van der Waals surface area contributed by atoms with Crippen LogP contribution in [0.2, 0.25) is 0 Å². The third kappa shape index (κ3) is 3.88. The lowest BCUT2D eigenvalue weighted by atomic mass is 10.0. The van der Waals surface area contributed by atoms with Gasteiger partial charge in [0.1, 0.15) is 0 Å². The number of aromatic nitrogens is 2. The van der Waals surface area contributed by atoms with Crippen molar-refractivity contribution in [1.82, 2.24) is 9.13 Å². The minimum atomic E-state index is 1.20. The smallest absolute Gasteiger partial charge is 0.0541 e. The Morgan fingerprint density at radius 1 is 0.278 bits per heavy atom. The lowest BCUT2D eigenvalue weighted by Gasteiger charge is -2.09. The van der Waals surface area contributed by atoms with Crippen molar-refractivity contribution in [2.45, 2.75) is 0 Å². The van der Waals surface area contributed by atoms with Gasteiger partial charge in [-0.25, -0.2) is 0 Å². The lowest BCUT2D eigenvalue weighted by molar-refractivity contribution is 1.19. The molecule has 0 saturated carbocycles. The van der Waals surface area contributed by atoms with Gasteiger partial charge in [0, 0.05) is 63.9 Å². The second-order valence-electron chi connectivity index (χ2n) is 14.5. The van der Waals surface area contributed by atoms with Gasteiger partial charge >= 0.3 is 0 Å². The van der Waals surface area contributed by atoms with Gasteiger partial charge in [-0.2, -0.15) is 0 Å². The first-order valence-electron chi connectivity index (χ1n) is 18.4. The van der Waals surface area contributed by atoms with Crippen LogP contribution in [-0.4, -0.2) is 9.13 Å². The lowest BCUT2D eigenvalue weighted by Crippen LogP contribution is -1.93. The number of para-hydroxylation sites is 4. The molecule has 2 nitrogen and oxygen atoms in total. The summed E-state index contributed by atoms with van der Waals surface area (Å²) in [4.78, 5) is 0. The van der Waals surface area contributed by atoms with E-state index in [0.717, 1.165) is 0 Å². The second-order valence-corrected chi connectivity index (χ2v) is 16.6. The predicted octanol–water partition coefficient (Wildman–Crippen LogP) is 14.9. The number of nitrogens with zero attached hydrogens (tertiary/aromatic N) is 2. The van der Waals surface area contributed by atoms with Gasteiger partial charge in [-0.05, 0) is 94.3 Å². The Bertz CT molecular complexity index is 3390. The minimum absolute atomic E-state index is 1.20. The summed E-state index contributed by atoms with van der Waals surface area (Å²) in [5.41, 5.74) is 7.35. The van der Waals surface area contributed by atoms with Crippen LogP contribution in [0.4, 0.5) is 0 Å². The Morgan fingerprint density at radius 3 is 1.04 bits per heavy atom. The number of hydrogen-bond donors (Lipinski definition) is 0. The van der Waals surface area contributed by atoms with Crippen molar-refractivity contribution >= 4 is 128 Å². The molecule has 13 rings (SSSR count). The van der Waals surface area contributed by atoms with Crippen LogP contribution >= 0.6 is 22.7 Å². The van der Waals surface area contributed by atoms with E-state index in [1.54, 1.807) is 0 Å². The number of fused-ring (bicyclic) bond motifs is 15. The molecule has 4 aromatic heterocycles. The molecule has 0 amide bonds. The average molecular weight is 721 g/mol. The fourth-order valence-electron chi connectivity index (χ4n) is 9.21. The molecule has 0 saturated heterocycles. The van der Waals surface area contributed by atoms with Crippen molar-refractivity contribution in [3.05, 3.63) is 170 Å². The van der Waals surface area contributed by atoms with Gasteiger partial charge < -0.3 is 9.13 Å². The molecule has 250 valence electrons. The topological polar surface area (TPSA) is 9.86 Å². The fraction of sp³-hybridized carbons (Fsp3) is 0. The summed E-state index contributed by atoms with van der Waals surface area (Å²) in [5.74, 6) is 0. The highest BCUT2D eigenvalue weighted by Crippen LogP contribution is 2.46. The number of thiophene rings is 2. The Hall–Kier alpha value is -6.46. The largest absolute Gasteiger partial charge is 0.309 e. The normalized spacial score (nSPS) is 12.4. The molecule has 0 radical (unpaired) electrons. The zero-order valence-electron chi connectivity index (χ0n) is 28.9. The predicted molar refractivity (Wildman–Crippen MR) is 236 cm³/mol. The highest BCUT2D eigenvalue weighted by atomic mass is 32.1. The maximum absolute atomic E-state index is 2.41. The van der Waals surface area contributed by atoms with Crippen molar-refractivity contribution in [2.75, 3.05) is 0 Å². The molecule has 4 heteroatoms. The van der Waals surface area contributed by atoms with E-state index in [4.69, 9.17) is 0 Å². The fourth-order valence-corrected chi connectivity index (χ4v) is 11.8. The molecule has 13 aromatic rings. The summed E-state index contributed by atoms with van der Waals surface area (Å²) in [6.07, 6.45) is 0. The Balaban J connectivity index is 0.977. The first kappa shape index (κ1) is 29.0. The molecule has 0 aliphatic heterocycles. The van der Waals surface area contributed by atoms with Crippen LogP contribution < -0.4 is 0 Å². The summed E-state index contributed by atoms with van der Waals surface area (Å²) < 4.78 is 10.3. The monoisotopic (exact) mass is 720 g/mol. The molecule has 9 aromatic carbocycles. The minimum Gasteiger partial charge on any atom is -0.309 e. The third-order valence-electron chi connectivity index (χ3n) is 11.6. The second kappa shape index (κ2) is 10.6. The molecule has 0 fully saturated rings. The van der Waals surface area contributed by atoms with Crippen LogP contribution in [0.5, 0.6) is 0 Å². The van der Waals surface area contributed by atoms with E-state index in [1.165, 1.54) is 117 Å².